The van der Waals surface area contributed by atoms with Crippen LogP contribution in [-0.4, -0.2) is 59.5 Å². The van der Waals surface area contributed by atoms with E-state index < -0.39 is 23.8 Å². The summed E-state index contributed by atoms with van der Waals surface area (Å²) in [4.78, 5) is 42.0. The van der Waals surface area contributed by atoms with Crippen molar-refractivity contribution in [2.24, 2.45) is 0 Å². The van der Waals surface area contributed by atoms with Gasteiger partial charge in [-0.25, -0.2) is 4.79 Å². The van der Waals surface area contributed by atoms with Crippen LogP contribution in [0.3, 0.4) is 0 Å². The topological polar surface area (TPSA) is 87.7 Å². The molecule has 0 spiro atoms. The fraction of sp³-hybridized carbons (Fsp3) is 0.633. The summed E-state index contributed by atoms with van der Waals surface area (Å²) < 4.78 is 5.45. The molecular weight excluding hydrogens is 498 g/mol. The van der Waals surface area contributed by atoms with Gasteiger partial charge in [-0.1, -0.05) is 57.6 Å². The van der Waals surface area contributed by atoms with Crippen molar-refractivity contribution in [2.75, 3.05) is 25.1 Å². The predicted molar refractivity (Wildman–Crippen MR) is 157 cm³/mol. The Morgan fingerprint density at radius 1 is 1.05 bits per heavy atom. The maximum absolute atomic E-state index is 14.1. The first kappa shape index (κ1) is 33.4. The zero-order valence-corrected chi connectivity index (χ0v) is 24.9. The van der Waals surface area contributed by atoms with Gasteiger partial charge >= 0.3 is 6.09 Å². The fourth-order valence-electron chi connectivity index (χ4n) is 3.96. The van der Waals surface area contributed by atoms with Crippen molar-refractivity contribution in [3.8, 4) is 12.3 Å². The third kappa shape index (κ3) is 12.3. The number of carbonyl (C=O) groups is 3. The van der Waals surface area contributed by atoms with Gasteiger partial charge < -0.3 is 20.3 Å². The number of hydrogen-bond donors (Lipinski definition) is 2. The molecule has 0 radical (unpaired) electrons. The summed E-state index contributed by atoms with van der Waals surface area (Å²) in [7, 11) is 0. The number of benzene rings is 1. The molecule has 0 saturated carbocycles. The molecule has 7 nitrogen and oxygen atoms in total. The lowest BCUT2D eigenvalue weighted by Gasteiger charge is -2.34. The molecule has 212 valence electrons. The van der Waals surface area contributed by atoms with Gasteiger partial charge in [-0.15, -0.1) is 6.42 Å². The number of terminal acetylenes is 1. The minimum Gasteiger partial charge on any atom is -0.444 e. The third-order valence-electron chi connectivity index (χ3n) is 5.92. The van der Waals surface area contributed by atoms with Gasteiger partial charge in [0.1, 0.15) is 17.7 Å². The van der Waals surface area contributed by atoms with Gasteiger partial charge in [-0.3, -0.25) is 9.59 Å². The summed E-state index contributed by atoms with van der Waals surface area (Å²) in [6, 6.07) is 5.52. The first-order valence-electron chi connectivity index (χ1n) is 13.7. The molecular formula is C30H47N3O4S. The standard InChI is InChI=1S/C30H47N3O4S/c1-8-11-13-20-31-27(34)26(24-17-15-23(10-3)16-18-24)33(21-14-12-9-2)28(35)25(19-22-38-7)32-29(36)37-30(4,5)6/h3,15-18,25-26H,8-9,11-14,19-22H2,1-2,4-7H3,(H,31,34)(H,32,36). The van der Waals surface area contributed by atoms with Crippen molar-refractivity contribution in [3.63, 3.8) is 0 Å². The highest BCUT2D eigenvalue weighted by Crippen LogP contribution is 2.25. The number of nitrogens with one attached hydrogen (secondary N) is 2. The fourth-order valence-corrected chi connectivity index (χ4v) is 4.43. The number of rotatable bonds is 16. The van der Waals surface area contributed by atoms with Gasteiger partial charge in [0.2, 0.25) is 11.8 Å². The number of nitrogens with zero attached hydrogens (tertiary/aromatic N) is 1. The Kier molecular flexibility index (Phi) is 15.6. The SMILES string of the molecule is C#Cc1ccc(C(C(=O)NCCCCC)N(CCCCC)C(=O)C(CCSC)NC(=O)OC(C)(C)C)cc1. The molecule has 0 saturated heterocycles. The van der Waals surface area contributed by atoms with Gasteiger partial charge in [0.15, 0.2) is 0 Å². The summed E-state index contributed by atoms with van der Waals surface area (Å²) in [5.74, 6) is 2.74. The van der Waals surface area contributed by atoms with Crippen molar-refractivity contribution >= 4 is 29.7 Å². The van der Waals surface area contributed by atoms with Crippen molar-refractivity contribution in [1.82, 2.24) is 15.5 Å². The molecule has 2 unspecified atom stereocenters. The summed E-state index contributed by atoms with van der Waals surface area (Å²) >= 11 is 1.59. The highest BCUT2D eigenvalue weighted by molar-refractivity contribution is 7.98. The Morgan fingerprint density at radius 3 is 2.24 bits per heavy atom. The van der Waals surface area contributed by atoms with E-state index in [0.29, 0.717) is 36.4 Å². The molecule has 1 aromatic carbocycles. The number of unbranched alkanes of at least 4 members (excludes halogenated alkanes) is 4. The van der Waals surface area contributed by atoms with E-state index >= 15 is 0 Å². The highest BCUT2D eigenvalue weighted by Gasteiger charge is 2.35. The number of hydrogen-bond acceptors (Lipinski definition) is 5. The Labute approximate surface area is 234 Å². The summed E-state index contributed by atoms with van der Waals surface area (Å²) in [6.07, 6.45) is 12.8. The van der Waals surface area contributed by atoms with E-state index in [0.717, 1.165) is 38.5 Å². The number of thioether (sulfide) groups is 1. The summed E-state index contributed by atoms with van der Waals surface area (Å²) in [5, 5.41) is 5.81. The Morgan fingerprint density at radius 2 is 1.68 bits per heavy atom. The molecule has 0 aromatic heterocycles. The molecule has 3 amide bonds. The zero-order chi connectivity index (χ0) is 28.6. The molecule has 0 heterocycles. The molecule has 2 atom stereocenters. The normalized spacial score (nSPS) is 12.7. The monoisotopic (exact) mass is 545 g/mol. The summed E-state index contributed by atoms with van der Waals surface area (Å²) in [6.45, 7) is 10.5. The average Bonchev–Trinajstić information content (AvgIpc) is 2.87. The van der Waals surface area contributed by atoms with Crippen LogP contribution in [0, 0.1) is 12.3 Å². The van der Waals surface area contributed by atoms with Crippen LogP contribution >= 0.6 is 11.8 Å². The molecule has 38 heavy (non-hydrogen) atoms. The molecule has 8 heteroatoms. The Bertz CT molecular complexity index is 906. The first-order chi connectivity index (χ1) is 18.1. The van der Waals surface area contributed by atoms with E-state index in [2.05, 4.69) is 30.4 Å². The van der Waals surface area contributed by atoms with E-state index in [4.69, 9.17) is 11.2 Å². The number of alkyl carbamates (subject to hydrolysis) is 1. The van der Waals surface area contributed by atoms with Crippen LogP contribution < -0.4 is 10.6 Å². The van der Waals surface area contributed by atoms with Crippen LogP contribution in [0.2, 0.25) is 0 Å². The van der Waals surface area contributed by atoms with E-state index in [-0.39, 0.29) is 11.8 Å². The molecule has 0 fully saturated rings. The van der Waals surface area contributed by atoms with Crippen molar-refractivity contribution in [3.05, 3.63) is 35.4 Å². The van der Waals surface area contributed by atoms with Crippen LogP contribution in [0.25, 0.3) is 0 Å². The lowest BCUT2D eigenvalue weighted by Crippen LogP contribution is -2.53. The first-order valence-corrected chi connectivity index (χ1v) is 15.1. The Balaban J connectivity index is 3.42. The van der Waals surface area contributed by atoms with Crippen molar-refractivity contribution in [2.45, 2.75) is 97.2 Å². The van der Waals surface area contributed by atoms with Crippen LogP contribution in [-0.2, 0) is 14.3 Å². The minimum atomic E-state index is -0.843. The molecule has 0 bridgehead atoms. The predicted octanol–water partition coefficient (Wildman–Crippen LogP) is 5.68. The second-order valence-corrected chi connectivity index (χ2v) is 11.4. The molecule has 0 aliphatic rings. The Hall–Kier alpha value is -2.66. The smallest absolute Gasteiger partial charge is 0.408 e. The number of ether oxygens (including phenoxy) is 1. The molecule has 1 aromatic rings. The second kappa shape index (κ2) is 17.8. The molecule has 1 rings (SSSR count). The largest absolute Gasteiger partial charge is 0.444 e. The van der Waals surface area contributed by atoms with E-state index in [1.54, 1.807) is 49.6 Å². The van der Waals surface area contributed by atoms with Crippen LogP contribution in [0.15, 0.2) is 24.3 Å². The van der Waals surface area contributed by atoms with Gasteiger partial charge in [0.05, 0.1) is 0 Å². The average molecular weight is 546 g/mol. The molecule has 0 aliphatic heterocycles. The van der Waals surface area contributed by atoms with Crippen molar-refractivity contribution in [1.29, 1.82) is 0 Å². The number of carbonyl (C=O) groups excluding carboxylic acids is 3. The van der Waals surface area contributed by atoms with E-state index in [1.165, 1.54) is 0 Å². The molecule has 0 aliphatic carbocycles. The van der Waals surface area contributed by atoms with Crippen LogP contribution in [0.4, 0.5) is 4.79 Å². The maximum Gasteiger partial charge on any atom is 0.408 e. The van der Waals surface area contributed by atoms with E-state index in [9.17, 15) is 14.4 Å². The lowest BCUT2D eigenvalue weighted by atomic mass is 10.00. The van der Waals surface area contributed by atoms with Crippen molar-refractivity contribution < 1.29 is 19.1 Å². The lowest BCUT2D eigenvalue weighted by molar-refractivity contribution is -0.142. The zero-order valence-electron chi connectivity index (χ0n) is 24.1. The third-order valence-corrected chi connectivity index (χ3v) is 6.56. The maximum atomic E-state index is 14.1. The second-order valence-electron chi connectivity index (χ2n) is 10.4. The van der Waals surface area contributed by atoms with Crippen LogP contribution in [0.1, 0.15) is 96.7 Å². The number of amides is 3. The summed E-state index contributed by atoms with van der Waals surface area (Å²) in [5.41, 5.74) is 0.685. The van der Waals surface area contributed by atoms with E-state index in [1.807, 2.05) is 18.4 Å². The molecule has 2 N–H and O–H groups in total. The highest BCUT2D eigenvalue weighted by atomic mass is 32.2. The van der Waals surface area contributed by atoms with Gasteiger partial charge in [0.25, 0.3) is 0 Å². The van der Waals surface area contributed by atoms with Gasteiger partial charge in [0, 0.05) is 18.7 Å². The quantitative estimate of drug-likeness (QED) is 0.206. The minimum absolute atomic E-state index is 0.236. The van der Waals surface area contributed by atoms with Crippen LogP contribution in [0.5, 0.6) is 0 Å². The van der Waals surface area contributed by atoms with Gasteiger partial charge in [-0.2, -0.15) is 11.8 Å². The van der Waals surface area contributed by atoms with Gasteiger partial charge in [-0.05, 0) is 69.7 Å².